The van der Waals surface area contributed by atoms with Crippen LogP contribution in [0.2, 0.25) is 0 Å². The Hall–Kier alpha value is -2.75. The average Bonchev–Trinajstić information content (AvgIpc) is 3.74. The first kappa shape index (κ1) is 27.8. The van der Waals surface area contributed by atoms with Crippen molar-refractivity contribution < 1.29 is 18.6 Å². The Morgan fingerprint density at radius 1 is 0.513 bits per heavy atom. The molecule has 0 aromatic heterocycles. The van der Waals surface area contributed by atoms with E-state index in [1.165, 1.54) is 99.3 Å². The molecule has 39 heavy (non-hydrogen) atoms. The summed E-state index contributed by atoms with van der Waals surface area (Å²) < 4.78 is 23.0. The quantitative estimate of drug-likeness (QED) is 0.165. The second kappa shape index (κ2) is 13.5. The van der Waals surface area contributed by atoms with Crippen LogP contribution < -0.4 is 10.9 Å². The average molecular weight is 526 g/mol. The largest absolute Gasteiger partial charge is 0.632 e. The fraction of sp³-hybridized carbons (Fsp3) is 0.515. The van der Waals surface area contributed by atoms with Crippen molar-refractivity contribution in [1.29, 1.82) is 0 Å². The summed E-state index contributed by atoms with van der Waals surface area (Å²) in [5.41, 5.74) is 7.76. The van der Waals surface area contributed by atoms with E-state index in [1.807, 2.05) is 0 Å². The van der Waals surface area contributed by atoms with Crippen molar-refractivity contribution in [3.8, 4) is 11.1 Å². The lowest BCUT2D eigenvalue weighted by Crippen LogP contribution is -2.35. The molecule has 5 rings (SSSR count). The summed E-state index contributed by atoms with van der Waals surface area (Å²) in [7, 11) is -0.719. The van der Waals surface area contributed by atoms with Crippen LogP contribution in [0.3, 0.4) is 0 Å². The molecule has 3 aliphatic rings. The standard InChI is InChI=1S/C33H44B2O4/c1-3-5-7-9-11-13-19-33(20-14-12-10-8-6-4-2)31-25-27(34-36-21-22-37-34)15-17-29(31)30-18-16-28(26-32(30)33)35-38-23-24-39-35/h15-18,21-26H,3-14,19-20H2,1-2H3. The van der Waals surface area contributed by atoms with E-state index >= 15 is 0 Å². The lowest BCUT2D eigenvalue weighted by Gasteiger charge is -2.33. The van der Waals surface area contributed by atoms with Crippen LogP contribution in [0.25, 0.3) is 11.1 Å². The minimum Gasteiger partial charge on any atom is -0.525 e. The van der Waals surface area contributed by atoms with Gasteiger partial charge in [0.05, 0.1) is 25.0 Å². The molecule has 0 atom stereocenters. The number of hydrogen-bond donors (Lipinski definition) is 0. The van der Waals surface area contributed by atoms with Crippen LogP contribution in [0.5, 0.6) is 0 Å². The lowest BCUT2D eigenvalue weighted by molar-refractivity contribution is 0.397. The van der Waals surface area contributed by atoms with Crippen molar-refractivity contribution >= 4 is 25.2 Å². The minimum atomic E-state index is -0.360. The van der Waals surface area contributed by atoms with Crippen LogP contribution in [0, 0.1) is 0 Å². The van der Waals surface area contributed by atoms with Crippen LogP contribution in [0.1, 0.15) is 115 Å². The molecule has 0 fully saturated rings. The molecule has 2 aliphatic heterocycles. The fourth-order valence-corrected chi connectivity index (χ4v) is 6.69. The van der Waals surface area contributed by atoms with E-state index < -0.39 is 0 Å². The lowest BCUT2D eigenvalue weighted by atomic mass is 9.67. The van der Waals surface area contributed by atoms with Crippen LogP contribution >= 0.6 is 0 Å². The third-order valence-electron chi connectivity index (χ3n) is 8.79. The zero-order chi connectivity index (χ0) is 26.9. The number of hydrogen-bond acceptors (Lipinski definition) is 4. The molecule has 2 aromatic rings. The third-order valence-corrected chi connectivity index (χ3v) is 8.79. The van der Waals surface area contributed by atoms with Gasteiger partial charge in [0.2, 0.25) is 0 Å². The Labute approximate surface area is 236 Å². The van der Waals surface area contributed by atoms with Gasteiger partial charge in [-0.3, -0.25) is 0 Å². The smallest absolute Gasteiger partial charge is 0.525 e. The maximum Gasteiger partial charge on any atom is 0.632 e. The third kappa shape index (κ3) is 6.20. The Balaban J connectivity index is 1.48. The van der Waals surface area contributed by atoms with Gasteiger partial charge in [0.1, 0.15) is 0 Å². The van der Waals surface area contributed by atoms with Crippen molar-refractivity contribution in [3.05, 3.63) is 72.6 Å². The molecule has 0 bridgehead atoms. The van der Waals surface area contributed by atoms with Crippen LogP contribution in [0.15, 0.2) is 61.4 Å². The zero-order valence-electron chi connectivity index (χ0n) is 24.0. The first-order valence-corrected chi connectivity index (χ1v) is 15.5. The molecule has 0 amide bonds. The number of unbranched alkanes of at least 4 members (excludes halogenated alkanes) is 10. The molecule has 0 unspecified atom stereocenters. The summed E-state index contributed by atoms with van der Waals surface area (Å²) in [5, 5.41) is 0. The fourth-order valence-electron chi connectivity index (χ4n) is 6.69. The van der Waals surface area contributed by atoms with Crippen molar-refractivity contribution in [2.75, 3.05) is 0 Å². The maximum absolute atomic E-state index is 5.76. The molecule has 0 saturated heterocycles. The molecular formula is C33H44B2O4. The molecule has 4 nitrogen and oxygen atoms in total. The van der Waals surface area contributed by atoms with Crippen molar-refractivity contribution in [3.63, 3.8) is 0 Å². The Morgan fingerprint density at radius 3 is 1.31 bits per heavy atom. The highest BCUT2D eigenvalue weighted by molar-refractivity contribution is 6.62. The van der Waals surface area contributed by atoms with E-state index in [-0.39, 0.29) is 19.7 Å². The summed E-state index contributed by atoms with van der Waals surface area (Å²) >= 11 is 0. The summed E-state index contributed by atoms with van der Waals surface area (Å²) in [6.45, 7) is 4.58. The van der Waals surface area contributed by atoms with Crippen LogP contribution in [0.4, 0.5) is 0 Å². The van der Waals surface area contributed by atoms with Gasteiger partial charge in [0.25, 0.3) is 0 Å². The number of benzene rings is 2. The van der Waals surface area contributed by atoms with Gasteiger partial charge in [-0.25, -0.2) is 0 Å². The molecule has 2 aromatic carbocycles. The Morgan fingerprint density at radius 2 is 0.897 bits per heavy atom. The highest BCUT2D eigenvalue weighted by Crippen LogP contribution is 2.53. The van der Waals surface area contributed by atoms with Gasteiger partial charge in [-0.2, -0.15) is 0 Å². The summed E-state index contributed by atoms with van der Waals surface area (Å²) in [6, 6.07) is 13.7. The summed E-state index contributed by atoms with van der Waals surface area (Å²) in [6.07, 6.45) is 24.6. The highest BCUT2D eigenvalue weighted by Gasteiger charge is 2.44. The van der Waals surface area contributed by atoms with Gasteiger partial charge < -0.3 is 18.6 Å². The molecule has 0 spiro atoms. The maximum atomic E-state index is 5.76. The monoisotopic (exact) mass is 526 g/mol. The number of fused-ring (bicyclic) bond motifs is 3. The molecule has 0 N–H and O–H groups in total. The van der Waals surface area contributed by atoms with E-state index in [1.54, 1.807) is 25.0 Å². The minimum absolute atomic E-state index is 0.0235. The van der Waals surface area contributed by atoms with Crippen molar-refractivity contribution in [2.24, 2.45) is 0 Å². The zero-order valence-corrected chi connectivity index (χ0v) is 24.0. The SMILES string of the molecule is CCCCCCCCC1(CCCCCCCC)c2cc(B3OC=CO3)ccc2-c2ccc(B3OC=CO3)cc21. The molecule has 0 saturated carbocycles. The van der Waals surface area contributed by atoms with E-state index in [9.17, 15) is 0 Å². The van der Waals surface area contributed by atoms with Crippen molar-refractivity contribution in [2.45, 2.75) is 109 Å². The predicted octanol–water partition coefficient (Wildman–Crippen LogP) is 7.88. The second-order valence-electron chi connectivity index (χ2n) is 11.5. The molecular weight excluding hydrogens is 482 g/mol. The predicted molar refractivity (Wildman–Crippen MR) is 162 cm³/mol. The number of rotatable bonds is 16. The van der Waals surface area contributed by atoms with E-state index in [2.05, 4.69) is 50.2 Å². The summed E-state index contributed by atoms with van der Waals surface area (Å²) in [4.78, 5) is 0. The van der Waals surface area contributed by atoms with Gasteiger partial charge in [0, 0.05) is 16.3 Å². The van der Waals surface area contributed by atoms with Gasteiger partial charge in [0.15, 0.2) is 0 Å². The van der Waals surface area contributed by atoms with E-state index in [4.69, 9.17) is 18.6 Å². The summed E-state index contributed by atoms with van der Waals surface area (Å²) in [5.74, 6) is 0. The van der Waals surface area contributed by atoms with Gasteiger partial charge in [-0.15, -0.1) is 0 Å². The first-order chi connectivity index (χ1) is 19.3. The van der Waals surface area contributed by atoms with Crippen LogP contribution in [-0.2, 0) is 24.0 Å². The molecule has 206 valence electrons. The van der Waals surface area contributed by atoms with Gasteiger partial charge in [-0.05, 0) is 35.1 Å². The molecule has 1 aliphatic carbocycles. The molecule has 6 heteroatoms. The Kier molecular flexibility index (Phi) is 9.66. The molecule has 2 heterocycles. The first-order valence-electron chi connectivity index (χ1n) is 15.5. The second-order valence-corrected chi connectivity index (χ2v) is 11.5. The van der Waals surface area contributed by atoms with Gasteiger partial charge in [-0.1, -0.05) is 127 Å². The Bertz CT molecular complexity index is 1040. The molecule has 0 radical (unpaired) electrons. The van der Waals surface area contributed by atoms with Crippen LogP contribution in [-0.4, -0.2) is 14.2 Å². The normalized spacial score (nSPS) is 16.1. The topological polar surface area (TPSA) is 36.9 Å². The van der Waals surface area contributed by atoms with Gasteiger partial charge >= 0.3 is 14.2 Å². The van der Waals surface area contributed by atoms with Crippen molar-refractivity contribution in [1.82, 2.24) is 0 Å². The highest BCUT2D eigenvalue weighted by atomic mass is 16.6. The van der Waals surface area contributed by atoms with E-state index in [0.717, 1.165) is 23.8 Å². The van der Waals surface area contributed by atoms with E-state index in [0.29, 0.717) is 0 Å².